The van der Waals surface area contributed by atoms with Crippen LogP contribution in [0.15, 0.2) is 0 Å². The minimum absolute atomic E-state index is 0.0537. The SMILES string of the molecule is COCCN(C(=O)c1c(N)c(C)nn1C)C(C)C1CC1. The quantitative estimate of drug-likeness (QED) is 0.849. The lowest BCUT2D eigenvalue weighted by molar-refractivity contribution is 0.0585. The largest absolute Gasteiger partial charge is 0.395 e. The smallest absolute Gasteiger partial charge is 0.274 e. The molecule has 1 aliphatic rings. The van der Waals surface area contributed by atoms with Crippen LogP contribution >= 0.6 is 0 Å². The molecule has 1 aromatic heterocycles. The highest BCUT2D eigenvalue weighted by Gasteiger charge is 2.36. The zero-order valence-corrected chi connectivity index (χ0v) is 12.7. The van der Waals surface area contributed by atoms with E-state index in [0.717, 1.165) is 0 Å². The van der Waals surface area contributed by atoms with Crippen molar-refractivity contribution in [1.82, 2.24) is 14.7 Å². The summed E-state index contributed by atoms with van der Waals surface area (Å²) in [6.07, 6.45) is 2.38. The Morgan fingerprint density at radius 1 is 1.60 bits per heavy atom. The van der Waals surface area contributed by atoms with E-state index >= 15 is 0 Å². The lowest BCUT2D eigenvalue weighted by atomic mass is 10.1. The maximum Gasteiger partial charge on any atom is 0.274 e. The third-order valence-corrected chi connectivity index (χ3v) is 4.06. The van der Waals surface area contributed by atoms with Gasteiger partial charge in [0.15, 0.2) is 0 Å². The van der Waals surface area contributed by atoms with Crippen LogP contribution in [0.3, 0.4) is 0 Å². The lowest BCUT2D eigenvalue weighted by Crippen LogP contribution is -2.43. The molecule has 6 heteroatoms. The summed E-state index contributed by atoms with van der Waals surface area (Å²) < 4.78 is 6.70. The van der Waals surface area contributed by atoms with Crippen molar-refractivity contribution < 1.29 is 9.53 Å². The van der Waals surface area contributed by atoms with Crippen LogP contribution in [0.5, 0.6) is 0 Å². The lowest BCUT2D eigenvalue weighted by Gasteiger charge is -2.29. The summed E-state index contributed by atoms with van der Waals surface area (Å²) in [7, 11) is 3.40. The van der Waals surface area contributed by atoms with Crippen LogP contribution in [0, 0.1) is 12.8 Å². The van der Waals surface area contributed by atoms with E-state index in [1.54, 1.807) is 18.8 Å². The van der Waals surface area contributed by atoms with E-state index in [1.165, 1.54) is 12.8 Å². The van der Waals surface area contributed by atoms with Crippen LogP contribution in [0.1, 0.15) is 35.9 Å². The summed E-state index contributed by atoms with van der Waals surface area (Å²) in [6, 6.07) is 0.215. The molecule has 1 atom stereocenters. The first-order valence-corrected chi connectivity index (χ1v) is 7.06. The van der Waals surface area contributed by atoms with Crippen LogP contribution in [0.4, 0.5) is 5.69 Å². The van der Waals surface area contributed by atoms with Gasteiger partial charge in [-0.3, -0.25) is 9.48 Å². The standard InChI is InChI=1S/C14H24N4O2/c1-9-12(15)13(17(3)16-9)14(19)18(7-8-20-4)10(2)11-5-6-11/h10-11H,5-8,15H2,1-4H3. The van der Waals surface area contributed by atoms with E-state index in [4.69, 9.17) is 10.5 Å². The molecule has 1 aliphatic carbocycles. The Morgan fingerprint density at radius 2 is 2.25 bits per heavy atom. The van der Waals surface area contributed by atoms with E-state index in [1.807, 2.05) is 11.8 Å². The summed E-state index contributed by atoms with van der Waals surface area (Å²) in [5, 5.41) is 4.23. The molecule has 20 heavy (non-hydrogen) atoms. The van der Waals surface area contributed by atoms with Gasteiger partial charge in [-0.2, -0.15) is 5.10 Å². The van der Waals surface area contributed by atoms with Crippen molar-refractivity contribution in [1.29, 1.82) is 0 Å². The van der Waals surface area contributed by atoms with Gasteiger partial charge in [0.05, 0.1) is 18.0 Å². The molecule has 112 valence electrons. The third-order valence-electron chi connectivity index (χ3n) is 4.06. The van der Waals surface area contributed by atoms with Crippen LogP contribution in [0.25, 0.3) is 0 Å². The summed E-state index contributed by atoms with van der Waals surface area (Å²) in [5.74, 6) is 0.549. The fraction of sp³-hybridized carbons (Fsp3) is 0.714. The van der Waals surface area contributed by atoms with Gasteiger partial charge in [0.25, 0.3) is 5.91 Å². The van der Waals surface area contributed by atoms with Gasteiger partial charge < -0.3 is 15.4 Å². The molecule has 6 nitrogen and oxygen atoms in total. The molecule has 1 fully saturated rings. The van der Waals surface area contributed by atoms with Crippen molar-refractivity contribution in [2.45, 2.75) is 32.7 Å². The first-order chi connectivity index (χ1) is 9.47. The molecular formula is C14H24N4O2. The number of methoxy groups -OCH3 is 1. The zero-order chi connectivity index (χ0) is 14.9. The average Bonchev–Trinajstić information content (AvgIpc) is 3.19. The molecule has 1 unspecified atom stereocenters. The van der Waals surface area contributed by atoms with Gasteiger partial charge in [-0.15, -0.1) is 0 Å². The van der Waals surface area contributed by atoms with Crippen molar-refractivity contribution in [2.75, 3.05) is 26.0 Å². The van der Waals surface area contributed by atoms with Crippen molar-refractivity contribution in [3.63, 3.8) is 0 Å². The number of nitrogens with zero attached hydrogens (tertiary/aromatic N) is 3. The van der Waals surface area contributed by atoms with E-state index in [-0.39, 0.29) is 11.9 Å². The van der Waals surface area contributed by atoms with Crippen molar-refractivity contribution >= 4 is 11.6 Å². The molecule has 0 saturated heterocycles. The van der Waals surface area contributed by atoms with Crippen LogP contribution < -0.4 is 5.73 Å². The molecule has 0 bridgehead atoms. The summed E-state index contributed by atoms with van der Waals surface area (Å²) in [4.78, 5) is 14.7. The molecule has 2 N–H and O–H groups in total. The predicted molar refractivity (Wildman–Crippen MR) is 77.5 cm³/mol. The van der Waals surface area contributed by atoms with Gasteiger partial charge in [0.2, 0.25) is 0 Å². The highest BCUT2D eigenvalue weighted by atomic mass is 16.5. The molecule has 2 rings (SSSR count). The number of hydrogen-bond donors (Lipinski definition) is 1. The molecule has 0 radical (unpaired) electrons. The van der Waals surface area contributed by atoms with Crippen LogP contribution in [0.2, 0.25) is 0 Å². The van der Waals surface area contributed by atoms with Gasteiger partial charge in [-0.1, -0.05) is 0 Å². The Balaban J connectivity index is 2.24. The van der Waals surface area contributed by atoms with Crippen LogP contribution in [-0.4, -0.2) is 46.9 Å². The summed E-state index contributed by atoms with van der Waals surface area (Å²) in [5.41, 5.74) is 7.65. The van der Waals surface area contributed by atoms with Gasteiger partial charge >= 0.3 is 0 Å². The van der Waals surface area contributed by atoms with E-state index < -0.39 is 0 Å². The zero-order valence-electron chi connectivity index (χ0n) is 12.7. The van der Waals surface area contributed by atoms with Gasteiger partial charge in [-0.25, -0.2) is 0 Å². The van der Waals surface area contributed by atoms with Crippen molar-refractivity contribution in [3.05, 3.63) is 11.4 Å². The Labute approximate surface area is 119 Å². The first kappa shape index (κ1) is 14.8. The fourth-order valence-corrected chi connectivity index (χ4v) is 2.58. The average molecular weight is 280 g/mol. The third kappa shape index (κ3) is 2.80. The molecule has 1 amide bonds. The first-order valence-electron chi connectivity index (χ1n) is 7.06. The number of ether oxygens (including phenoxy) is 1. The second-order valence-corrected chi connectivity index (χ2v) is 5.54. The minimum Gasteiger partial charge on any atom is -0.395 e. The number of carbonyl (C=O) groups excluding carboxylic acids is 1. The predicted octanol–water partition coefficient (Wildman–Crippen LogP) is 1.20. The number of rotatable bonds is 6. The van der Waals surface area contributed by atoms with Crippen molar-refractivity contribution in [3.8, 4) is 0 Å². The highest BCUT2D eigenvalue weighted by Crippen LogP contribution is 2.35. The molecular weight excluding hydrogens is 256 g/mol. The maximum absolute atomic E-state index is 12.8. The van der Waals surface area contributed by atoms with Crippen LogP contribution in [-0.2, 0) is 11.8 Å². The van der Waals surface area contributed by atoms with E-state index in [9.17, 15) is 4.79 Å². The van der Waals surface area contributed by atoms with Gasteiger partial charge in [0, 0.05) is 26.7 Å². The summed E-state index contributed by atoms with van der Waals surface area (Å²) >= 11 is 0. The van der Waals surface area contributed by atoms with E-state index in [0.29, 0.717) is 36.1 Å². The molecule has 0 aromatic carbocycles. The number of aromatic nitrogens is 2. The number of anilines is 1. The number of hydrogen-bond acceptors (Lipinski definition) is 4. The Bertz CT molecular complexity index is 494. The Hall–Kier alpha value is -1.56. The molecule has 1 aromatic rings. The second-order valence-electron chi connectivity index (χ2n) is 5.54. The number of nitrogen functional groups attached to an aromatic ring is 1. The normalized spacial score (nSPS) is 16.2. The van der Waals surface area contributed by atoms with Gasteiger partial charge in [-0.05, 0) is 32.6 Å². The molecule has 0 aliphatic heterocycles. The number of nitrogens with two attached hydrogens (primary N) is 1. The number of amides is 1. The Morgan fingerprint density at radius 3 is 2.70 bits per heavy atom. The minimum atomic E-state index is -0.0537. The van der Waals surface area contributed by atoms with E-state index in [2.05, 4.69) is 12.0 Å². The Kier molecular flexibility index (Phi) is 4.32. The fourth-order valence-electron chi connectivity index (χ4n) is 2.58. The number of carbonyl (C=O) groups is 1. The molecule has 0 spiro atoms. The second kappa shape index (κ2) is 5.83. The molecule has 1 saturated carbocycles. The van der Waals surface area contributed by atoms with Gasteiger partial charge in [0.1, 0.15) is 5.69 Å². The topological polar surface area (TPSA) is 73.4 Å². The summed E-state index contributed by atoms with van der Waals surface area (Å²) in [6.45, 7) is 5.02. The monoisotopic (exact) mass is 280 g/mol. The number of aryl methyl sites for hydroxylation is 2. The van der Waals surface area contributed by atoms with Crippen molar-refractivity contribution in [2.24, 2.45) is 13.0 Å². The maximum atomic E-state index is 12.8. The highest BCUT2D eigenvalue weighted by molar-refractivity contribution is 5.98. The molecule has 1 heterocycles.